The van der Waals surface area contributed by atoms with Crippen molar-refractivity contribution >= 4 is 17.7 Å². The molecule has 0 saturated heterocycles. The number of aliphatic carboxylic acids is 1. The van der Waals surface area contributed by atoms with E-state index in [1.165, 1.54) is 4.90 Å². The maximum atomic E-state index is 12.2. The average Bonchev–Trinajstić information content (AvgIpc) is 2.52. The minimum Gasteiger partial charge on any atom is -0.480 e. The third-order valence-corrected chi connectivity index (χ3v) is 2.77. The molecular formula is C15H15N3O3. The molecule has 1 heterocycles. The number of pyridine rings is 1. The summed E-state index contributed by atoms with van der Waals surface area (Å²) in [5.74, 6) is -1.07. The molecule has 0 aliphatic rings. The Morgan fingerprint density at radius 2 is 1.90 bits per heavy atom. The lowest BCUT2D eigenvalue weighted by atomic mass is 10.3. The van der Waals surface area contributed by atoms with Crippen LogP contribution >= 0.6 is 0 Å². The Morgan fingerprint density at radius 1 is 1.14 bits per heavy atom. The number of carbonyl (C=O) groups excluding carboxylic acids is 1. The molecule has 1 aromatic heterocycles. The number of rotatable bonds is 5. The first-order valence-corrected chi connectivity index (χ1v) is 6.38. The van der Waals surface area contributed by atoms with E-state index in [1.807, 2.05) is 6.07 Å². The quantitative estimate of drug-likeness (QED) is 0.878. The predicted octanol–water partition coefficient (Wildman–Crippen LogP) is 1.88. The number of anilines is 1. The summed E-state index contributed by atoms with van der Waals surface area (Å²) in [7, 11) is 0. The molecule has 2 aromatic rings. The van der Waals surface area contributed by atoms with Crippen molar-refractivity contribution in [2.75, 3.05) is 11.4 Å². The van der Waals surface area contributed by atoms with Crippen LogP contribution in [-0.2, 0) is 11.3 Å². The van der Waals surface area contributed by atoms with Gasteiger partial charge in [-0.15, -0.1) is 0 Å². The SMILES string of the molecule is O=C(O)CN(C(=O)NCc1cccnc1)c1ccccc1. The molecule has 0 radical (unpaired) electrons. The van der Waals surface area contributed by atoms with Gasteiger partial charge in [0.2, 0.25) is 0 Å². The van der Waals surface area contributed by atoms with Gasteiger partial charge in [0.15, 0.2) is 0 Å². The number of carboxylic acids is 1. The molecule has 2 amide bonds. The van der Waals surface area contributed by atoms with Crippen LogP contribution in [-0.4, -0.2) is 28.6 Å². The first-order valence-electron chi connectivity index (χ1n) is 6.38. The van der Waals surface area contributed by atoms with Crippen molar-refractivity contribution in [3.8, 4) is 0 Å². The highest BCUT2D eigenvalue weighted by molar-refractivity contribution is 5.96. The number of hydrogen-bond donors (Lipinski definition) is 2. The zero-order chi connectivity index (χ0) is 15.1. The predicted molar refractivity (Wildman–Crippen MR) is 77.9 cm³/mol. The van der Waals surface area contributed by atoms with Gasteiger partial charge < -0.3 is 10.4 Å². The van der Waals surface area contributed by atoms with Gasteiger partial charge in [0.05, 0.1) is 0 Å². The largest absolute Gasteiger partial charge is 0.480 e. The topological polar surface area (TPSA) is 82.5 Å². The standard InChI is InChI=1S/C15H15N3O3/c19-14(20)11-18(13-6-2-1-3-7-13)15(21)17-10-12-5-4-8-16-9-12/h1-9H,10-11H2,(H,17,21)(H,19,20). The van der Waals surface area contributed by atoms with Crippen LogP contribution in [0.25, 0.3) is 0 Å². The van der Waals surface area contributed by atoms with E-state index in [2.05, 4.69) is 10.3 Å². The van der Waals surface area contributed by atoms with Gasteiger partial charge in [-0.1, -0.05) is 24.3 Å². The molecule has 6 nitrogen and oxygen atoms in total. The highest BCUT2D eigenvalue weighted by Gasteiger charge is 2.18. The summed E-state index contributed by atoms with van der Waals surface area (Å²) in [5, 5.41) is 11.6. The Balaban J connectivity index is 2.06. The summed E-state index contributed by atoms with van der Waals surface area (Å²) in [5.41, 5.74) is 1.37. The first kappa shape index (κ1) is 14.5. The van der Waals surface area contributed by atoms with Gasteiger partial charge in [-0.3, -0.25) is 14.7 Å². The van der Waals surface area contributed by atoms with Crippen LogP contribution in [0.2, 0.25) is 0 Å². The number of carboxylic acid groups (broad SMARTS) is 1. The van der Waals surface area contributed by atoms with Gasteiger partial charge in [0.25, 0.3) is 0 Å². The minimum atomic E-state index is -1.07. The zero-order valence-corrected chi connectivity index (χ0v) is 11.3. The van der Waals surface area contributed by atoms with Crippen molar-refractivity contribution in [2.45, 2.75) is 6.54 Å². The lowest BCUT2D eigenvalue weighted by molar-refractivity contribution is -0.135. The molecule has 6 heteroatoms. The van der Waals surface area contributed by atoms with Gasteiger partial charge in [-0.05, 0) is 23.8 Å². The Bertz CT molecular complexity index is 602. The molecule has 0 atom stereocenters. The smallest absolute Gasteiger partial charge is 0.323 e. The van der Waals surface area contributed by atoms with E-state index < -0.39 is 18.5 Å². The maximum Gasteiger partial charge on any atom is 0.323 e. The average molecular weight is 285 g/mol. The minimum absolute atomic E-state index is 0.287. The number of benzene rings is 1. The second-order valence-electron chi connectivity index (χ2n) is 4.34. The molecule has 0 bridgehead atoms. The summed E-state index contributed by atoms with van der Waals surface area (Å²) in [6, 6.07) is 11.8. The van der Waals surface area contributed by atoms with Crippen molar-refractivity contribution in [1.82, 2.24) is 10.3 Å². The normalized spacial score (nSPS) is 9.90. The number of amides is 2. The number of hydrogen-bond acceptors (Lipinski definition) is 3. The molecule has 108 valence electrons. The van der Waals surface area contributed by atoms with Crippen molar-refractivity contribution in [2.24, 2.45) is 0 Å². The van der Waals surface area contributed by atoms with E-state index in [4.69, 9.17) is 5.11 Å². The number of nitrogens with one attached hydrogen (secondary N) is 1. The molecule has 0 aliphatic heterocycles. The second kappa shape index (κ2) is 7.04. The van der Waals surface area contributed by atoms with E-state index in [9.17, 15) is 9.59 Å². The van der Waals surface area contributed by atoms with E-state index in [0.717, 1.165) is 5.56 Å². The number of urea groups is 1. The van der Waals surface area contributed by atoms with E-state index in [1.54, 1.807) is 48.8 Å². The number of aromatic nitrogens is 1. The van der Waals surface area contributed by atoms with Crippen LogP contribution in [0.1, 0.15) is 5.56 Å². The van der Waals surface area contributed by atoms with Gasteiger partial charge in [0.1, 0.15) is 6.54 Å². The van der Waals surface area contributed by atoms with Crippen LogP contribution in [0.5, 0.6) is 0 Å². The van der Waals surface area contributed by atoms with Gasteiger partial charge in [0, 0.05) is 24.6 Å². The second-order valence-corrected chi connectivity index (χ2v) is 4.34. The summed E-state index contributed by atoms with van der Waals surface area (Å²) in [6.45, 7) is -0.113. The van der Waals surface area contributed by atoms with Crippen molar-refractivity contribution in [1.29, 1.82) is 0 Å². The maximum absolute atomic E-state index is 12.2. The van der Waals surface area contributed by atoms with Gasteiger partial charge in [-0.2, -0.15) is 0 Å². The third kappa shape index (κ3) is 4.31. The Kier molecular flexibility index (Phi) is 4.87. The molecule has 21 heavy (non-hydrogen) atoms. The van der Waals surface area contributed by atoms with Crippen LogP contribution in [0, 0.1) is 0 Å². The van der Waals surface area contributed by atoms with Gasteiger partial charge >= 0.3 is 12.0 Å². The molecule has 0 spiro atoms. The number of carbonyl (C=O) groups is 2. The van der Waals surface area contributed by atoms with E-state index >= 15 is 0 Å². The van der Waals surface area contributed by atoms with Crippen LogP contribution in [0.15, 0.2) is 54.9 Å². The molecule has 1 aromatic carbocycles. The Labute approximate surface area is 122 Å². The first-order chi connectivity index (χ1) is 10.2. The van der Waals surface area contributed by atoms with Crippen LogP contribution in [0.3, 0.4) is 0 Å². The summed E-state index contributed by atoms with van der Waals surface area (Å²) in [6.07, 6.45) is 3.29. The zero-order valence-electron chi connectivity index (χ0n) is 11.3. The Morgan fingerprint density at radius 3 is 2.52 bits per heavy atom. The molecule has 0 unspecified atom stereocenters. The number of para-hydroxylation sites is 1. The van der Waals surface area contributed by atoms with Crippen molar-refractivity contribution in [3.05, 3.63) is 60.4 Å². The fourth-order valence-electron chi connectivity index (χ4n) is 1.80. The van der Waals surface area contributed by atoms with Crippen LogP contribution < -0.4 is 10.2 Å². The Hall–Kier alpha value is -2.89. The molecular weight excluding hydrogens is 270 g/mol. The highest BCUT2D eigenvalue weighted by Crippen LogP contribution is 2.13. The monoisotopic (exact) mass is 285 g/mol. The van der Waals surface area contributed by atoms with Crippen LogP contribution in [0.4, 0.5) is 10.5 Å². The lowest BCUT2D eigenvalue weighted by Crippen LogP contribution is -2.42. The fraction of sp³-hybridized carbons (Fsp3) is 0.133. The van der Waals surface area contributed by atoms with Gasteiger partial charge in [-0.25, -0.2) is 4.79 Å². The molecule has 0 saturated carbocycles. The fourth-order valence-corrected chi connectivity index (χ4v) is 1.80. The molecule has 2 rings (SSSR count). The molecule has 2 N–H and O–H groups in total. The highest BCUT2D eigenvalue weighted by atomic mass is 16.4. The van der Waals surface area contributed by atoms with E-state index in [-0.39, 0.29) is 6.54 Å². The summed E-state index contributed by atoms with van der Waals surface area (Å²) >= 11 is 0. The van der Waals surface area contributed by atoms with Crippen molar-refractivity contribution < 1.29 is 14.7 Å². The lowest BCUT2D eigenvalue weighted by Gasteiger charge is -2.21. The number of nitrogens with zero attached hydrogens (tertiary/aromatic N) is 2. The third-order valence-electron chi connectivity index (χ3n) is 2.77. The summed E-state index contributed by atoms with van der Waals surface area (Å²) in [4.78, 5) is 28.2. The van der Waals surface area contributed by atoms with Crippen molar-refractivity contribution in [3.63, 3.8) is 0 Å². The molecule has 0 fully saturated rings. The summed E-state index contributed by atoms with van der Waals surface area (Å²) < 4.78 is 0. The van der Waals surface area contributed by atoms with E-state index in [0.29, 0.717) is 5.69 Å². The molecule has 0 aliphatic carbocycles.